The van der Waals surface area contributed by atoms with Crippen LogP contribution in [0.1, 0.15) is 91.9 Å². The van der Waals surface area contributed by atoms with Gasteiger partial charge in [-0.3, -0.25) is 9.59 Å². The molecule has 7 nitrogen and oxygen atoms in total. The van der Waals surface area contributed by atoms with Crippen LogP contribution in [0.25, 0.3) is 0 Å². The van der Waals surface area contributed by atoms with Gasteiger partial charge in [-0.15, -0.1) is 0 Å². The Morgan fingerprint density at radius 2 is 1.94 bits per heavy atom. The summed E-state index contributed by atoms with van der Waals surface area (Å²) in [5, 5.41) is 22.4. The zero-order valence-corrected chi connectivity index (χ0v) is 21.8. The van der Waals surface area contributed by atoms with E-state index in [1.165, 1.54) is 0 Å². The molecule has 2 N–H and O–H groups in total. The Morgan fingerprint density at radius 1 is 1.23 bits per heavy atom. The predicted octanol–water partition coefficient (Wildman–Crippen LogP) is 4.08. The van der Waals surface area contributed by atoms with Crippen LogP contribution in [-0.4, -0.2) is 57.8 Å². The number of hydrogen-bond acceptors (Lipinski definition) is 7. The number of ether oxygens (including phenoxy) is 3. The van der Waals surface area contributed by atoms with Gasteiger partial charge >= 0.3 is 11.9 Å². The molecule has 1 aliphatic carbocycles. The summed E-state index contributed by atoms with van der Waals surface area (Å²) in [7, 11) is 0. The summed E-state index contributed by atoms with van der Waals surface area (Å²) in [6.45, 7) is 11.8. The highest BCUT2D eigenvalue weighted by molar-refractivity contribution is 5.74. The molecular weight excluding hydrogens is 448 g/mol. The summed E-state index contributed by atoms with van der Waals surface area (Å²) < 4.78 is 18.8. The highest BCUT2D eigenvalue weighted by Crippen LogP contribution is 2.59. The van der Waals surface area contributed by atoms with Crippen molar-refractivity contribution < 1.29 is 34.0 Å². The molecule has 1 saturated carbocycles. The van der Waals surface area contributed by atoms with E-state index in [0.29, 0.717) is 24.8 Å². The molecule has 3 heterocycles. The van der Waals surface area contributed by atoms with Gasteiger partial charge in [0, 0.05) is 24.7 Å². The largest absolute Gasteiger partial charge is 0.458 e. The van der Waals surface area contributed by atoms with Gasteiger partial charge in [0.05, 0.1) is 23.7 Å². The summed E-state index contributed by atoms with van der Waals surface area (Å²) in [4.78, 5) is 26.2. The van der Waals surface area contributed by atoms with Crippen LogP contribution in [-0.2, 0) is 23.8 Å². The fraction of sp³-hybridized carbons (Fsp3) is 0.857. The maximum Gasteiger partial charge on any atom is 0.309 e. The zero-order valence-electron chi connectivity index (χ0n) is 21.8. The number of fused-ring (bicyclic) bond motifs is 2. The van der Waals surface area contributed by atoms with Crippen LogP contribution in [0.5, 0.6) is 0 Å². The summed E-state index contributed by atoms with van der Waals surface area (Å²) in [5.74, 6) is -1.36. The Bertz CT molecular complexity index is 822. The van der Waals surface area contributed by atoms with Gasteiger partial charge in [0.25, 0.3) is 0 Å². The average Bonchev–Trinajstić information content (AvgIpc) is 3.16. The highest BCUT2D eigenvalue weighted by atomic mass is 16.6. The molecule has 198 valence electrons. The topological polar surface area (TPSA) is 102 Å². The molecule has 0 aromatic carbocycles. The second-order valence-corrected chi connectivity index (χ2v) is 11.9. The maximum atomic E-state index is 13.3. The van der Waals surface area contributed by atoms with E-state index < -0.39 is 29.5 Å². The van der Waals surface area contributed by atoms with Crippen molar-refractivity contribution in [3.63, 3.8) is 0 Å². The molecule has 10 atom stereocenters. The van der Waals surface area contributed by atoms with Crippen LogP contribution in [0.4, 0.5) is 0 Å². The van der Waals surface area contributed by atoms with Crippen LogP contribution in [0.15, 0.2) is 12.2 Å². The SMILES string of the molecule is C=C1CC2OC3[C@H]4C(CC[C@@](C)(O)[C@@H]24)[C@@H](C)C(=O)O[C@@]3(C)[C@H](OC(=O)CCCCCCC)C[C@@H]1O. The van der Waals surface area contributed by atoms with E-state index in [4.69, 9.17) is 14.2 Å². The monoisotopic (exact) mass is 492 g/mol. The number of aliphatic hydroxyl groups excluding tert-OH is 1. The summed E-state index contributed by atoms with van der Waals surface area (Å²) in [6, 6.07) is 0. The number of hydrogen-bond donors (Lipinski definition) is 2. The number of carbonyl (C=O) groups excluding carboxylic acids is 2. The average molecular weight is 493 g/mol. The number of unbranched alkanes of at least 4 members (excludes halogenated alkanes) is 4. The van der Waals surface area contributed by atoms with E-state index in [-0.39, 0.29) is 54.6 Å². The van der Waals surface area contributed by atoms with Crippen molar-refractivity contribution in [1.82, 2.24) is 0 Å². The first-order valence-electron chi connectivity index (χ1n) is 13.7. The molecule has 4 rings (SSSR count). The molecule has 2 bridgehead atoms. The van der Waals surface area contributed by atoms with Gasteiger partial charge in [0.15, 0.2) is 5.60 Å². The third kappa shape index (κ3) is 4.93. The van der Waals surface area contributed by atoms with Crippen LogP contribution in [0.3, 0.4) is 0 Å². The van der Waals surface area contributed by atoms with E-state index in [2.05, 4.69) is 13.5 Å². The standard InChI is InChI=1S/C28H44O7/c1-6-7-8-9-10-11-22(30)34-21-15-19(29)16(2)14-20-24-23-18(12-13-27(24,4)32)17(3)26(31)35-28(21,5)25(23)33-20/h17-21,23-25,29,32H,2,6-15H2,1,3-5H3/t17-,18?,19+,20?,21-,23+,24+,25?,27-,28+/m1/s1. The molecular formula is C28H44O7. The number of rotatable bonds is 7. The molecule has 0 aromatic rings. The Kier molecular flexibility index (Phi) is 7.71. The van der Waals surface area contributed by atoms with Crippen molar-refractivity contribution in [3.05, 3.63) is 12.2 Å². The van der Waals surface area contributed by atoms with Gasteiger partial charge in [-0.25, -0.2) is 0 Å². The summed E-state index contributed by atoms with van der Waals surface area (Å²) >= 11 is 0. The minimum atomic E-state index is -1.27. The molecule has 0 spiro atoms. The first kappa shape index (κ1) is 26.6. The normalized spacial score (nSPS) is 45.1. The van der Waals surface area contributed by atoms with Crippen molar-refractivity contribution in [3.8, 4) is 0 Å². The summed E-state index contributed by atoms with van der Waals surface area (Å²) in [6.07, 6.45) is 4.46. The lowest BCUT2D eigenvalue weighted by Crippen LogP contribution is -2.58. The minimum Gasteiger partial charge on any atom is -0.458 e. The zero-order chi connectivity index (χ0) is 25.5. The summed E-state index contributed by atoms with van der Waals surface area (Å²) in [5.41, 5.74) is -1.64. The van der Waals surface area contributed by atoms with Crippen molar-refractivity contribution in [2.24, 2.45) is 23.7 Å². The van der Waals surface area contributed by atoms with Crippen LogP contribution in [0, 0.1) is 23.7 Å². The number of carbonyl (C=O) groups is 2. The van der Waals surface area contributed by atoms with Crippen molar-refractivity contribution >= 4 is 11.9 Å². The van der Waals surface area contributed by atoms with Gasteiger partial charge in [-0.1, -0.05) is 46.1 Å². The van der Waals surface area contributed by atoms with Crippen LogP contribution in [0.2, 0.25) is 0 Å². The first-order chi connectivity index (χ1) is 16.5. The molecule has 3 aliphatic heterocycles. The van der Waals surface area contributed by atoms with E-state index in [0.717, 1.165) is 32.1 Å². The lowest BCUT2D eigenvalue weighted by Gasteiger charge is -2.47. The van der Waals surface area contributed by atoms with E-state index in [1.807, 2.05) is 13.8 Å². The van der Waals surface area contributed by atoms with Crippen LogP contribution >= 0.6 is 0 Å². The van der Waals surface area contributed by atoms with E-state index in [9.17, 15) is 19.8 Å². The lowest BCUT2D eigenvalue weighted by atomic mass is 9.58. The fourth-order valence-corrected chi connectivity index (χ4v) is 7.24. The Morgan fingerprint density at radius 3 is 2.66 bits per heavy atom. The second-order valence-electron chi connectivity index (χ2n) is 11.9. The molecule has 7 heteroatoms. The maximum absolute atomic E-state index is 13.3. The Hall–Kier alpha value is -1.44. The smallest absolute Gasteiger partial charge is 0.309 e. The third-order valence-electron chi connectivity index (χ3n) is 9.35. The molecule has 3 saturated heterocycles. The van der Waals surface area contributed by atoms with Crippen molar-refractivity contribution in [2.75, 3.05) is 0 Å². The van der Waals surface area contributed by atoms with Gasteiger partial charge in [-0.05, 0) is 51.0 Å². The van der Waals surface area contributed by atoms with Gasteiger partial charge < -0.3 is 24.4 Å². The fourth-order valence-electron chi connectivity index (χ4n) is 7.24. The van der Waals surface area contributed by atoms with Gasteiger partial charge in [0.1, 0.15) is 12.2 Å². The van der Waals surface area contributed by atoms with Crippen molar-refractivity contribution in [1.29, 1.82) is 0 Å². The van der Waals surface area contributed by atoms with Crippen molar-refractivity contribution in [2.45, 2.75) is 128 Å². The Balaban J connectivity index is 1.67. The first-order valence-corrected chi connectivity index (χ1v) is 13.7. The van der Waals surface area contributed by atoms with E-state index in [1.54, 1.807) is 6.92 Å². The Labute approximate surface area is 209 Å². The third-order valence-corrected chi connectivity index (χ3v) is 9.35. The number of aliphatic hydroxyl groups is 2. The molecule has 0 aromatic heterocycles. The van der Waals surface area contributed by atoms with Gasteiger partial charge in [-0.2, -0.15) is 0 Å². The predicted molar refractivity (Wildman–Crippen MR) is 130 cm³/mol. The second kappa shape index (κ2) is 10.1. The molecule has 4 aliphatic rings. The van der Waals surface area contributed by atoms with Gasteiger partial charge in [0.2, 0.25) is 0 Å². The highest BCUT2D eigenvalue weighted by Gasteiger charge is 2.67. The molecule has 0 radical (unpaired) electrons. The quantitative estimate of drug-likeness (QED) is 0.314. The molecule has 0 amide bonds. The molecule has 4 fully saturated rings. The molecule has 35 heavy (non-hydrogen) atoms. The van der Waals surface area contributed by atoms with Crippen LogP contribution < -0.4 is 0 Å². The lowest BCUT2D eigenvalue weighted by molar-refractivity contribution is -0.209. The molecule has 3 unspecified atom stereocenters. The number of esters is 2. The minimum absolute atomic E-state index is 0.0112. The van der Waals surface area contributed by atoms with E-state index >= 15 is 0 Å².